The molecule has 2 N–H and O–H groups in total. The third-order valence-electron chi connectivity index (χ3n) is 1.62. The summed E-state index contributed by atoms with van der Waals surface area (Å²) in [6.07, 6.45) is -0.174. The van der Waals surface area contributed by atoms with Gasteiger partial charge in [-0.15, -0.1) is 0 Å². The Morgan fingerprint density at radius 1 is 1.15 bits per heavy atom. The molecule has 0 aliphatic rings. The van der Waals surface area contributed by atoms with E-state index >= 15 is 0 Å². The van der Waals surface area contributed by atoms with Crippen molar-refractivity contribution in [2.75, 3.05) is 26.3 Å². The van der Waals surface area contributed by atoms with Crippen LogP contribution in [0.1, 0.15) is 13.3 Å². The van der Waals surface area contributed by atoms with Crippen LogP contribution in [0.5, 0.6) is 0 Å². The van der Waals surface area contributed by atoms with Gasteiger partial charge in [-0.25, -0.2) is 0 Å². The third kappa shape index (κ3) is 5.26. The minimum absolute atomic E-state index is 0.0111. The largest absolute Gasteiger partial charge is 0.394 e. The molecule has 0 aliphatic carbocycles. The lowest BCUT2D eigenvalue weighted by atomic mass is 10.2. The smallest absolute Gasteiger partial charge is 0.109 e. The van der Waals surface area contributed by atoms with Crippen LogP contribution < -0.4 is 0 Å². The summed E-state index contributed by atoms with van der Waals surface area (Å²) in [7, 11) is 5.16. The lowest BCUT2D eigenvalue weighted by Gasteiger charge is -2.23. The Morgan fingerprint density at radius 2 is 1.69 bits per heavy atom. The lowest BCUT2D eigenvalue weighted by Crippen LogP contribution is -2.38. The molecule has 0 spiro atoms. The molecule has 0 amide bonds. The summed E-state index contributed by atoms with van der Waals surface area (Å²) in [4.78, 5) is 0. The average Bonchev–Trinajstić information content (AvgIpc) is 2.17. The van der Waals surface area contributed by atoms with E-state index < -0.39 is 12.2 Å². The van der Waals surface area contributed by atoms with Crippen molar-refractivity contribution >= 4 is 7.85 Å². The quantitative estimate of drug-likeness (QED) is 0.493. The second-order valence-electron chi connectivity index (χ2n) is 2.65. The summed E-state index contributed by atoms with van der Waals surface area (Å²) in [6, 6.07) is 0. The SMILES string of the molecule is [B]CO[C@H](CO)[C@@H](CO)OCCC. The number of hydrogen-bond acceptors (Lipinski definition) is 4. The Labute approximate surface area is 80.3 Å². The zero-order valence-corrected chi connectivity index (χ0v) is 7.98. The molecule has 0 aromatic carbocycles. The van der Waals surface area contributed by atoms with Gasteiger partial charge in [-0.3, -0.25) is 0 Å². The van der Waals surface area contributed by atoms with Gasteiger partial charge in [-0.2, -0.15) is 0 Å². The predicted octanol–water partition coefficient (Wildman–Crippen LogP) is -0.723. The van der Waals surface area contributed by atoms with E-state index in [2.05, 4.69) is 0 Å². The van der Waals surface area contributed by atoms with Crippen LogP contribution in [0, 0.1) is 0 Å². The molecule has 0 aromatic rings. The first-order valence-electron chi connectivity index (χ1n) is 4.45. The highest BCUT2D eigenvalue weighted by atomic mass is 16.5. The van der Waals surface area contributed by atoms with Crippen LogP contribution >= 0.6 is 0 Å². The molecule has 0 saturated carbocycles. The maximum Gasteiger partial charge on any atom is 0.109 e. The molecule has 76 valence electrons. The van der Waals surface area contributed by atoms with E-state index in [4.69, 9.17) is 27.5 Å². The fraction of sp³-hybridized carbons (Fsp3) is 1.00. The second-order valence-corrected chi connectivity index (χ2v) is 2.65. The van der Waals surface area contributed by atoms with E-state index in [1.165, 1.54) is 0 Å². The highest BCUT2D eigenvalue weighted by molar-refractivity contribution is 6.08. The molecular formula is C8H17BO4. The highest BCUT2D eigenvalue weighted by Crippen LogP contribution is 2.03. The topological polar surface area (TPSA) is 58.9 Å². The number of aliphatic hydroxyl groups excluding tert-OH is 2. The van der Waals surface area contributed by atoms with Gasteiger partial charge in [0.25, 0.3) is 0 Å². The number of rotatable bonds is 8. The van der Waals surface area contributed by atoms with Gasteiger partial charge in [0.2, 0.25) is 0 Å². The van der Waals surface area contributed by atoms with Gasteiger partial charge >= 0.3 is 0 Å². The van der Waals surface area contributed by atoms with E-state index in [0.717, 1.165) is 6.42 Å². The highest BCUT2D eigenvalue weighted by Gasteiger charge is 2.20. The van der Waals surface area contributed by atoms with Crippen molar-refractivity contribution in [1.82, 2.24) is 0 Å². The first kappa shape index (κ1) is 12.9. The van der Waals surface area contributed by atoms with Crippen molar-refractivity contribution in [1.29, 1.82) is 0 Å². The van der Waals surface area contributed by atoms with E-state index in [9.17, 15) is 0 Å². The van der Waals surface area contributed by atoms with E-state index in [1.54, 1.807) is 0 Å². The molecule has 2 atom stereocenters. The number of ether oxygens (including phenoxy) is 2. The molecular weight excluding hydrogens is 171 g/mol. The predicted molar refractivity (Wildman–Crippen MR) is 49.7 cm³/mol. The zero-order valence-electron chi connectivity index (χ0n) is 7.98. The van der Waals surface area contributed by atoms with Crippen LogP contribution in [-0.2, 0) is 9.47 Å². The first-order valence-corrected chi connectivity index (χ1v) is 4.45. The summed E-state index contributed by atoms with van der Waals surface area (Å²) in [6.45, 7) is 2.14. The minimum Gasteiger partial charge on any atom is -0.394 e. The Kier molecular flexibility index (Phi) is 8.44. The molecule has 13 heavy (non-hydrogen) atoms. The Balaban J connectivity index is 3.84. The van der Waals surface area contributed by atoms with Gasteiger partial charge in [-0.1, -0.05) is 6.92 Å². The van der Waals surface area contributed by atoms with Crippen LogP contribution in [-0.4, -0.2) is 56.6 Å². The molecule has 0 aliphatic heterocycles. The fourth-order valence-corrected chi connectivity index (χ4v) is 0.948. The molecule has 0 aromatic heterocycles. The molecule has 0 saturated heterocycles. The van der Waals surface area contributed by atoms with Crippen LogP contribution in [0.15, 0.2) is 0 Å². The average molecular weight is 188 g/mol. The van der Waals surface area contributed by atoms with Crippen molar-refractivity contribution in [2.24, 2.45) is 0 Å². The van der Waals surface area contributed by atoms with Crippen LogP contribution in [0.2, 0.25) is 0 Å². The number of hydrogen-bond donors (Lipinski definition) is 2. The van der Waals surface area contributed by atoms with Gasteiger partial charge in [0.15, 0.2) is 0 Å². The molecule has 0 rings (SSSR count). The maximum absolute atomic E-state index is 8.92. The maximum atomic E-state index is 8.92. The molecule has 0 unspecified atom stereocenters. The Hall–Kier alpha value is -0.0951. The molecule has 0 fully saturated rings. The third-order valence-corrected chi connectivity index (χ3v) is 1.62. The standard InChI is InChI=1S/C8H17BO4/c1-2-3-12-7(4-10)8(5-11)13-6-9/h7-8,10-11H,2-6H2,1H3/t7-,8-/m1/s1. The van der Waals surface area contributed by atoms with Crippen LogP contribution in [0.25, 0.3) is 0 Å². The van der Waals surface area contributed by atoms with Crippen molar-refractivity contribution in [3.05, 3.63) is 0 Å². The van der Waals surface area contributed by atoms with Crippen molar-refractivity contribution < 1.29 is 19.7 Å². The Morgan fingerprint density at radius 3 is 2.08 bits per heavy atom. The van der Waals surface area contributed by atoms with Crippen LogP contribution in [0.4, 0.5) is 0 Å². The molecule has 4 nitrogen and oxygen atoms in total. The second kappa shape index (κ2) is 8.50. The van der Waals surface area contributed by atoms with Crippen molar-refractivity contribution in [3.8, 4) is 0 Å². The summed E-state index contributed by atoms with van der Waals surface area (Å²) < 4.78 is 10.2. The van der Waals surface area contributed by atoms with Crippen molar-refractivity contribution in [2.45, 2.75) is 25.6 Å². The van der Waals surface area contributed by atoms with E-state index in [0.29, 0.717) is 6.61 Å². The van der Waals surface area contributed by atoms with Crippen molar-refractivity contribution in [3.63, 3.8) is 0 Å². The van der Waals surface area contributed by atoms with Gasteiger partial charge in [0.1, 0.15) is 20.1 Å². The van der Waals surface area contributed by atoms with Gasteiger partial charge in [0.05, 0.1) is 13.2 Å². The summed E-state index contributed by atoms with van der Waals surface area (Å²) in [5, 5.41) is 17.8. The summed E-state index contributed by atoms with van der Waals surface area (Å²) in [5.74, 6) is 0. The number of aliphatic hydroxyl groups is 2. The minimum atomic E-state index is -0.540. The lowest BCUT2D eigenvalue weighted by molar-refractivity contribution is -0.0992. The van der Waals surface area contributed by atoms with Gasteiger partial charge in [0, 0.05) is 13.1 Å². The fourth-order valence-electron chi connectivity index (χ4n) is 0.948. The van der Waals surface area contributed by atoms with Crippen LogP contribution in [0.3, 0.4) is 0 Å². The van der Waals surface area contributed by atoms with E-state index in [1.807, 2.05) is 6.92 Å². The molecule has 2 radical (unpaired) electrons. The zero-order chi connectivity index (χ0) is 10.1. The molecule has 0 bridgehead atoms. The molecule has 0 heterocycles. The van der Waals surface area contributed by atoms with Gasteiger partial charge < -0.3 is 19.7 Å². The molecule has 5 heteroatoms. The summed E-state index contributed by atoms with van der Waals surface area (Å²) >= 11 is 0. The normalized spacial score (nSPS) is 15.6. The monoisotopic (exact) mass is 188 g/mol. The first-order chi connectivity index (χ1) is 6.29. The Bertz CT molecular complexity index is 112. The van der Waals surface area contributed by atoms with E-state index in [-0.39, 0.29) is 19.7 Å². The summed E-state index contributed by atoms with van der Waals surface area (Å²) in [5.41, 5.74) is 0. The van der Waals surface area contributed by atoms with Gasteiger partial charge in [-0.05, 0) is 6.42 Å².